The minimum atomic E-state index is -4.06. The number of rotatable bonds is 7. The molecule has 0 aliphatic carbocycles. The fourth-order valence-corrected chi connectivity index (χ4v) is 4.53. The SMILES string of the molecule is COc1cccc(OCCN2CCN(C(=O)c3c(C)oc(C)c3S(N)(=O)=O)CC2)c1. The van der Waals surface area contributed by atoms with Crippen molar-refractivity contribution >= 4 is 15.9 Å². The number of aryl methyl sites for hydroxylation is 2. The second-order valence-corrected chi connectivity index (χ2v) is 8.62. The van der Waals surface area contributed by atoms with Crippen LogP contribution in [0, 0.1) is 13.8 Å². The fourth-order valence-electron chi connectivity index (χ4n) is 3.57. The highest BCUT2D eigenvalue weighted by Gasteiger charge is 2.32. The average molecular weight is 438 g/mol. The van der Waals surface area contributed by atoms with Gasteiger partial charge < -0.3 is 18.8 Å². The Bertz CT molecular complexity index is 1010. The highest BCUT2D eigenvalue weighted by molar-refractivity contribution is 7.89. The van der Waals surface area contributed by atoms with Crippen molar-refractivity contribution in [1.29, 1.82) is 0 Å². The van der Waals surface area contributed by atoms with E-state index in [9.17, 15) is 13.2 Å². The smallest absolute Gasteiger partial charge is 0.258 e. The Morgan fingerprint density at radius 2 is 1.80 bits per heavy atom. The van der Waals surface area contributed by atoms with E-state index < -0.39 is 10.0 Å². The lowest BCUT2D eigenvalue weighted by molar-refractivity contribution is 0.0615. The number of ether oxygens (including phenoxy) is 2. The molecule has 1 fully saturated rings. The van der Waals surface area contributed by atoms with Gasteiger partial charge in [-0.25, -0.2) is 13.6 Å². The Kier molecular flexibility index (Phi) is 6.69. The van der Waals surface area contributed by atoms with Gasteiger partial charge in [0.25, 0.3) is 5.91 Å². The maximum Gasteiger partial charge on any atom is 0.258 e. The summed E-state index contributed by atoms with van der Waals surface area (Å²) in [6.07, 6.45) is 0. The standard InChI is InChI=1S/C20H27N3O6S/c1-14-18(19(15(2)29-14)30(21,25)26)20(24)23-9-7-22(8-10-23)11-12-28-17-6-4-5-16(13-17)27-3/h4-6,13H,7-12H2,1-3H3,(H2,21,25,26). The first-order chi connectivity index (χ1) is 14.2. The molecule has 0 unspecified atom stereocenters. The molecule has 3 rings (SSSR count). The summed E-state index contributed by atoms with van der Waals surface area (Å²) in [4.78, 5) is 16.6. The van der Waals surface area contributed by atoms with Crippen molar-refractivity contribution in [3.8, 4) is 11.5 Å². The number of nitrogens with zero attached hydrogens (tertiary/aromatic N) is 2. The fraction of sp³-hybridized carbons (Fsp3) is 0.450. The number of hydrogen-bond donors (Lipinski definition) is 1. The molecule has 2 heterocycles. The van der Waals surface area contributed by atoms with E-state index in [2.05, 4.69) is 4.90 Å². The predicted octanol–water partition coefficient (Wildman–Crippen LogP) is 1.39. The molecule has 164 valence electrons. The van der Waals surface area contributed by atoms with Crippen molar-refractivity contribution in [2.45, 2.75) is 18.7 Å². The van der Waals surface area contributed by atoms with Gasteiger partial charge in [-0.05, 0) is 26.0 Å². The second kappa shape index (κ2) is 9.07. The maximum absolute atomic E-state index is 13.0. The van der Waals surface area contributed by atoms with Crippen LogP contribution < -0.4 is 14.6 Å². The highest BCUT2D eigenvalue weighted by Crippen LogP contribution is 2.27. The molecule has 0 atom stereocenters. The topological polar surface area (TPSA) is 115 Å². The van der Waals surface area contributed by atoms with Gasteiger partial charge in [0.05, 0.1) is 7.11 Å². The van der Waals surface area contributed by atoms with Gasteiger partial charge in [-0.15, -0.1) is 0 Å². The van der Waals surface area contributed by atoms with Crippen LogP contribution in [0.3, 0.4) is 0 Å². The molecule has 0 saturated carbocycles. The average Bonchev–Trinajstić information content (AvgIpc) is 3.02. The third kappa shape index (κ3) is 4.94. The monoisotopic (exact) mass is 437 g/mol. The highest BCUT2D eigenvalue weighted by atomic mass is 32.2. The first-order valence-electron chi connectivity index (χ1n) is 9.62. The zero-order valence-electron chi connectivity index (χ0n) is 17.4. The number of furan rings is 1. The molecule has 10 heteroatoms. The Morgan fingerprint density at radius 3 is 2.43 bits per heavy atom. The number of carbonyl (C=O) groups is 1. The Balaban J connectivity index is 1.55. The molecule has 1 aliphatic rings. The number of piperazine rings is 1. The molecule has 1 aromatic carbocycles. The van der Waals surface area contributed by atoms with Crippen LogP contribution in [0.5, 0.6) is 11.5 Å². The van der Waals surface area contributed by atoms with Crippen LogP contribution in [0.4, 0.5) is 0 Å². The number of nitrogens with two attached hydrogens (primary N) is 1. The number of benzene rings is 1. The van der Waals surface area contributed by atoms with Crippen molar-refractivity contribution in [2.75, 3.05) is 46.4 Å². The molecule has 0 spiro atoms. The van der Waals surface area contributed by atoms with E-state index in [1.54, 1.807) is 18.9 Å². The summed E-state index contributed by atoms with van der Waals surface area (Å²) in [5, 5.41) is 5.29. The lowest BCUT2D eigenvalue weighted by Gasteiger charge is -2.34. The van der Waals surface area contributed by atoms with E-state index in [1.807, 2.05) is 24.3 Å². The normalized spacial score (nSPS) is 15.3. The summed E-state index contributed by atoms with van der Waals surface area (Å²) in [6.45, 7) is 6.56. The van der Waals surface area contributed by atoms with Crippen LogP contribution in [0.15, 0.2) is 33.6 Å². The van der Waals surface area contributed by atoms with E-state index in [4.69, 9.17) is 19.0 Å². The summed E-state index contributed by atoms with van der Waals surface area (Å²) >= 11 is 0. The summed E-state index contributed by atoms with van der Waals surface area (Å²) < 4.78 is 40.2. The molecule has 0 bridgehead atoms. The van der Waals surface area contributed by atoms with Crippen LogP contribution in [0.2, 0.25) is 0 Å². The van der Waals surface area contributed by atoms with Crippen molar-refractivity contribution in [3.63, 3.8) is 0 Å². The number of carbonyl (C=O) groups excluding carboxylic acids is 1. The molecule has 30 heavy (non-hydrogen) atoms. The number of sulfonamides is 1. The van der Waals surface area contributed by atoms with E-state index in [0.717, 1.165) is 11.5 Å². The van der Waals surface area contributed by atoms with E-state index in [0.29, 0.717) is 39.3 Å². The lowest BCUT2D eigenvalue weighted by Crippen LogP contribution is -2.49. The Morgan fingerprint density at radius 1 is 1.13 bits per heavy atom. The summed E-state index contributed by atoms with van der Waals surface area (Å²) in [6, 6.07) is 7.42. The summed E-state index contributed by atoms with van der Waals surface area (Å²) in [5.74, 6) is 1.50. The van der Waals surface area contributed by atoms with Crippen LogP contribution in [0.25, 0.3) is 0 Å². The van der Waals surface area contributed by atoms with E-state index >= 15 is 0 Å². The van der Waals surface area contributed by atoms with E-state index in [-0.39, 0.29) is 27.9 Å². The second-order valence-electron chi connectivity index (χ2n) is 7.12. The molecule has 9 nitrogen and oxygen atoms in total. The van der Waals surface area contributed by atoms with Gasteiger partial charge >= 0.3 is 0 Å². The third-order valence-electron chi connectivity index (χ3n) is 5.08. The third-order valence-corrected chi connectivity index (χ3v) is 6.14. The van der Waals surface area contributed by atoms with Gasteiger partial charge in [0.15, 0.2) is 0 Å². The predicted molar refractivity (Wildman–Crippen MR) is 110 cm³/mol. The van der Waals surface area contributed by atoms with Crippen LogP contribution in [-0.4, -0.2) is 70.6 Å². The van der Waals surface area contributed by atoms with Crippen molar-refractivity contribution in [3.05, 3.63) is 41.3 Å². The molecule has 2 N–H and O–H groups in total. The first-order valence-corrected chi connectivity index (χ1v) is 11.2. The molecule has 1 saturated heterocycles. The molecule has 1 amide bonds. The zero-order valence-corrected chi connectivity index (χ0v) is 18.2. The van der Waals surface area contributed by atoms with Crippen molar-refractivity contribution < 1.29 is 27.1 Å². The van der Waals surface area contributed by atoms with Crippen LogP contribution in [0.1, 0.15) is 21.9 Å². The molecule has 2 aromatic rings. The molecular weight excluding hydrogens is 410 g/mol. The molecule has 1 aliphatic heterocycles. The van der Waals surface area contributed by atoms with Gasteiger partial charge in [0.1, 0.15) is 40.1 Å². The van der Waals surface area contributed by atoms with Gasteiger partial charge in [-0.2, -0.15) is 0 Å². The van der Waals surface area contributed by atoms with E-state index in [1.165, 1.54) is 6.92 Å². The number of methoxy groups -OCH3 is 1. The molecule has 1 aromatic heterocycles. The summed E-state index contributed by atoms with van der Waals surface area (Å²) in [5.41, 5.74) is 0.0322. The van der Waals surface area contributed by atoms with Gasteiger partial charge in [-0.1, -0.05) is 6.07 Å². The Labute approximate surface area is 176 Å². The largest absolute Gasteiger partial charge is 0.497 e. The van der Waals surface area contributed by atoms with Gasteiger partial charge in [-0.3, -0.25) is 9.69 Å². The number of hydrogen-bond acceptors (Lipinski definition) is 7. The number of amides is 1. The van der Waals surface area contributed by atoms with Crippen molar-refractivity contribution in [2.24, 2.45) is 5.14 Å². The van der Waals surface area contributed by atoms with Crippen LogP contribution >= 0.6 is 0 Å². The maximum atomic E-state index is 13.0. The van der Waals surface area contributed by atoms with Crippen LogP contribution in [-0.2, 0) is 10.0 Å². The van der Waals surface area contributed by atoms with Gasteiger partial charge in [0, 0.05) is 38.8 Å². The zero-order chi connectivity index (χ0) is 21.9. The quantitative estimate of drug-likeness (QED) is 0.696. The van der Waals surface area contributed by atoms with Gasteiger partial charge in [0.2, 0.25) is 10.0 Å². The molecule has 0 radical (unpaired) electrons. The summed E-state index contributed by atoms with van der Waals surface area (Å²) in [7, 11) is -2.45. The first kappa shape index (κ1) is 22.1. The lowest BCUT2D eigenvalue weighted by atomic mass is 10.2. The minimum absolute atomic E-state index is 0.0322. The number of primary sulfonamides is 1. The minimum Gasteiger partial charge on any atom is -0.497 e. The Hall–Kier alpha value is -2.56. The molecular formula is C20H27N3O6S. The van der Waals surface area contributed by atoms with Crippen molar-refractivity contribution in [1.82, 2.24) is 9.80 Å².